The van der Waals surface area contributed by atoms with Gasteiger partial charge in [0, 0.05) is 7.05 Å². The highest BCUT2D eigenvalue weighted by Gasteiger charge is 2.37. The second-order valence-electron chi connectivity index (χ2n) is 4.74. The van der Waals surface area contributed by atoms with Crippen molar-refractivity contribution in [2.75, 3.05) is 12.8 Å². The minimum atomic E-state index is -0.842. The summed E-state index contributed by atoms with van der Waals surface area (Å²) in [5.41, 5.74) is 6.88. The number of aromatic amines is 1. The average Bonchev–Trinajstić information content (AvgIpc) is 2.88. The lowest BCUT2D eigenvalue weighted by molar-refractivity contribution is -0.137. The molecule has 8 nitrogen and oxygen atoms in total. The quantitative estimate of drug-likeness (QED) is 0.637. The molecule has 0 aliphatic carbocycles. The van der Waals surface area contributed by atoms with Crippen molar-refractivity contribution in [2.24, 2.45) is 0 Å². The van der Waals surface area contributed by atoms with Crippen LogP contribution in [0.4, 0.5) is 5.69 Å². The first kappa shape index (κ1) is 14.0. The van der Waals surface area contributed by atoms with E-state index in [4.69, 9.17) is 5.73 Å². The van der Waals surface area contributed by atoms with Crippen molar-refractivity contribution in [3.8, 4) is 0 Å². The van der Waals surface area contributed by atoms with Gasteiger partial charge >= 0.3 is 0 Å². The number of rotatable bonds is 4. The lowest BCUT2D eigenvalue weighted by Crippen LogP contribution is -2.41. The smallest absolute Gasteiger partial charge is 0.274 e. The van der Waals surface area contributed by atoms with Crippen LogP contribution in [0.2, 0.25) is 0 Å². The Morgan fingerprint density at radius 3 is 2.80 bits per heavy atom. The maximum atomic E-state index is 12.0. The summed E-state index contributed by atoms with van der Waals surface area (Å²) in [5, 5.41) is 9.07. The molecule has 1 aromatic rings. The van der Waals surface area contributed by atoms with E-state index in [9.17, 15) is 14.4 Å². The number of carbonyl (C=O) groups excluding carboxylic acids is 3. The third-order valence-corrected chi connectivity index (χ3v) is 3.28. The van der Waals surface area contributed by atoms with Crippen LogP contribution in [0.25, 0.3) is 0 Å². The van der Waals surface area contributed by atoms with Crippen molar-refractivity contribution in [1.29, 1.82) is 0 Å². The molecule has 1 unspecified atom stereocenters. The largest absolute Gasteiger partial charge is 0.395 e. The van der Waals surface area contributed by atoms with Gasteiger partial charge in [0.1, 0.15) is 6.04 Å². The number of nitrogens with zero attached hydrogens (tertiary/aromatic N) is 2. The van der Waals surface area contributed by atoms with E-state index in [1.165, 1.54) is 7.05 Å². The monoisotopic (exact) mass is 279 g/mol. The van der Waals surface area contributed by atoms with E-state index >= 15 is 0 Å². The molecule has 1 saturated heterocycles. The van der Waals surface area contributed by atoms with Gasteiger partial charge in [-0.15, -0.1) is 0 Å². The first-order valence-electron chi connectivity index (χ1n) is 6.39. The van der Waals surface area contributed by atoms with Crippen molar-refractivity contribution in [3.63, 3.8) is 0 Å². The van der Waals surface area contributed by atoms with Gasteiger partial charge in [-0.25, -0.2) is 0 Å². The summed E-state index contributed by atoms with van der Waals surface area (Å²) in [4.78, 5) is 36.1. The van der Waals surface area contributed by atoms with Crippen molar-refractivity contribution in [1.82, 2.24) is 20.4 Å². The van der Waals surface area contributed by atoms with Crippen LogP contribution < -0.4 is 11.1 Å². The van der Waals surface area contributed by atoms with Crippen LogP contribution in [0.5, 0.6) is 0 Å². The first-order valence-corrected chi connectivity index (χ1v) is 6.39. The van der Waals surface area contributed by atoms with Crippen LogP contribution >= 0.6 is 0 Å². The highest BCUT2D eigenvalue weighted by Crippen LogP contribution is 2.17. The zero-order chi connectivity index (χ0) is 14.9. The summed E-state index contributed by atoms with van der Waals surface area (Å²) >= 11 is 0. The number of nitrogen functional groups attached to an aromatic ring is 1. The van der Waals surface area contributed by atoms with E-state index in [0.29, 0.717) is 12.1 Å². The predicted octanol–water partition coefficient (Wildman–Crippen LogP) is -0.568. The van der Waals surface area contributed by atoms with Crippen molar-refractivity contribution < 1.29 is 14.4 Å². The molecular weight excluding hydrogens is 262 g/mol. The fraction of sp³-hybridized carbons (Fsp3) is 0.500. The highest BCUT2D eigenvalue weighted by atomic mass is 16.2. The van der Waals surface area contributed by atoms with E-state index in [2.05, 4.69) is 15.5 Å². The number of nitrogens with two attached hydrogens (primary N) is 1. The number of anilines is 1. The number of likely N-dealkylation sites (tertiary alicyclic amines) is 1. The molecule has 20 heavy (non-hydrogen) atoms. The number of H-pyrrole nitrogens is 1. The number of hydrogen-bond acceptors (Lipinski definition) is 5. The molecule has 0 saturated carbocycles. The zero-order valence-electron chi connectivity index (χ0n) is 11.4. The number of likely N-dealkylation sites (N-methyl/N-ethyl adjacent to an activating group) is 1. The summed E-state index contributed by atoms with van der Waals surface area (Å²) in [6, 6.07) is -0.842. The molecule has 2 heterocycles. The van der Waals surface area contributed by atoms with Gasteiger partial charge < -0.3 is 11.1 Å². The van der Waals surface area contributed by atoms with Gasteiger partial charge in [-0.1, -0.05) is 13.3 Å². The van der Waals surface area contributed by atoms with E-state index in [0.717, 1.165) is 11.3 Å². The maximum Gasteiger partial charge on any atom is 0.274 e. The molecular formula is C12H17N5O3. The molecule has 8 heteroatoms. The third-order valence-electron chi connectivity index (χ3n) is 3.28. The summed E-state index contributed by atoms with van der Waals surface area (Å²) in [6.07, 6.45) is 1.52. The molecule has 0 radical (unpaired) electrons. The molecule has 0 bridgehead atoms. The second kappa shape index (κ2) is 5.32. The van der Waals surface area contributed by atoms with Crippen LogP contribution in [0.15, 0.2) is 0 Å². The Bertz CT molecular complexity index is 565. The topological polar surface area (TPSA) is 121 Å². The van der Waals surface area contributed by atoms with Crippen LogP contribution in [-0.2, 0) is 16.0 Å². The molecule has 3 amide bonds. The molecule has 1 atom stereocenters. The lowest BCUT2D eigenvalue weighted by Gasteiger charge is -2.10. The Labute approximate surface area is 115 Å². The summed E-state index contributed by atoms with van der Waals surface area (Å²) in [7, 11) is 1.39. The number of aryl methyl sites for hydroxylation is 1. The predicted molar refractivity (Wildman–Crippen MR) is 70.6 cm³/mol. The molecule has 2 rings (SSSR count). The van der Waals surface area contributed by atoms with Crippen LogP contribution in [0.3, 0.4) is 0 Å². The normalized spacial score (nSPS) is 18.7. The molecule has 108 valence electrons. The van der Waals surface area contributed by atoms with Gasteiger partial charge in [0.2, 0.25) is 5.91 Å². The summed E-state index contributed by atoms with van der Waals surface area (Å²) in [5.74, 6) is -1.30. The minimum absolute atomic E-state index is 0.0345. The zero-order valence-corrected chi connectivity index (χ0v) is 11.4. The molecule has 1 fully saturated rings. The molecule has 0 spiro atoms. The first-order chi connectivity index (χ1) is 9.45. The molecule has 1 aliphatic heterocycles. The number of hydrogen-bond donors (Lipinski definition) is 3. The molecule has 4 N–H and O–H groups in total. The second-order valence-corrected chi connectivity index (χ2v) is 4.74. The number of aromatic nitrogens is 2. The van der Waals surface area contributed by atoms with Gasteiger partial charge in [0.25, 0.3) is 11.8 Å². The van der Waals surface area contributed by atoms with Crippen LogP contribution in [0, 0.1) is 0 Å². The van der Waals surface area contributed by atoms with E-state index in [-0.39, 0.29) is 23.7 Å². The molecule has 1 aromatic heterocycles. The van der Waals surface area contributed by atoms with Gasteiger partial charge in [-0.05, 0) is 6.42 Å². The fourth-order valence-corrected chi connectivity index (χ4v) is 2.10. The Kier molecular flexibility index (Phi) is 3.73. The Morgan fingerprint density at radius 1 is 1.55 bits per heavy atom. The summed E-state index contributed by atoms with van der Waals surface area (Å²) < 4.78 is 0. The van der Waals surface area contributed by atoms with Gasteiger partial charge in [-0.3, -0.25) is 24.4 Å². The Morgan fingerprint density at radius 2 is 2.25 bits per heavy atom. The third kappa shape index (κ3) is 2.36. The maximum absolute atomic E-state index is 12.0. The van der Waals surface area contributed by atoms with Crippen molar-refractivity contribution in [3.05, 3.63) is 11.4 Å². The SMILES string of the molecule is CCCc1[nH]nc(C(=O)NC2CC(=O)N(C)C2=O)c1N. The Hall–Kier alpha value is -2.38. The van der Waals surface area contributed by atoms with Crippen molar-refractivity contribution >= 4 is 23.4 Å². The molecule has 1 aliphatic rings. The fourth-order valence-electron chi connectivity index (χ4n) is 2.10. The van der Waals surface area contributed by atoms with E-state index in [1.54, 1.807) is 0 Å². The summed E-state index contributed by atoms with van der Waals surface area (Å²) in [6.45, 7) is 1.98. The lowest BCUT2D eigenvalue weighted by atomic mass is 10.2. The van der Waals surface area contributed by atoms with Crippen LogP contribution in [-0.4, -0.2) is 45.9 Å². The van der Waals surface area contributed by atoms with Crippen molar-refractivity contribution in [2.45, 2.75) is 32.2 Å². The van der Waals surface area contributed by atoms with Crippen LogP contribution in [0.1, 0.15) is 35.9 Å². The average molecular weight is 279 g/mol. The number of amides is 3. The number of carbonyl (C=O) groups is 3. The minimum Gasteiger partial charge on any atom is -0.395 e. The number of imide groups is 1. The van der Waals surface area contributed by atoms with E-state index in [1.807, 2.05) is 6.92 Å². The highest BCUT2D eigenvalue weighted by molar-refractivity contribution is 6.08. The standard InChI is InChI=1S/C12H17N5O3/c1-3-4-6-9(13)10(16-15-6)11(19)14-7-5-8(18)17(2)12(7)20/h7H,3-5,13H2,1-2H3,(H,14,19)(H,15,16). The van der Waals surface area contributed by atoms with E-state index < -0.39 is 17.9 Å². The van der Waals surface area contributed by atoms with Gasteiger partial charge in [-0.2, -0.15) is 5.10 Å². The number of nitrogens with one attached hydrogen (secondary N) is 2. The van der Waals surface area contributed by atoms with Gasteiger partial charge in [0.15, 0.2) is 5.69 Å². The molecule has 0 aromatic carbocycles. The Balaban J connectivity index is 2.09. The van der Waals surface area contributed by atoms with Gasteiger partial charge in [0.05, 0.1) is 17.8 Å².